The van der Waals surface area contributed by atoms with Gasteiger partial charge in [-0.1, -0.05) is 0 Å². The van der Waals surface area contributed by atoms with E-state index in [9.17, 15) is 9.59 Å². The van der Waals surface area contributed by atoms with E-state index in [0.29, 0.717) is 24.4 Å². The lowest BCUT2D eigenvalue weighted by atomic mass is 10.2. The molecule has 2 N–H and O–H groups in total. The third kappa shape index (κ3) is 3.42. The number of aromatic amines is 1. The third-order valence-electron chi connectivity index (χ3n) is 3.39. The standard InChI is InChI=1S/C17H16N2O4/c1-11-4-5-12(23-11)8-9-18-16(20)13-6-7-14(19-17(13)21)15-3-2-10-22-15/h2-7,10H,8-9H2,1H3,(H,18,20)(H,19,21). The summed E-state index contributed by atoms with van der Waals surface area (Å²) in [5, 5.41) is 2.71. The molecule has 0 unspecified atom stereocenters. The predicted octanol–water partition coefficient (Wildman–Crippen LogP) is 2.51. The van der Waals surface area contributed by atoms with Gasteiger partial charge in [0, 0.05) is 13.0 Å². The number of rotatable bonds is 5. The lowest BCUT2D eigenvalue weighted by molar-refractivity contribution is 0.0952. The highest BCUT2D eigenvalue weighted by atomic mass is 16.3. The van der Waals surface area contributed by atoms with Crippen molar-refractivity contribution in [1.82, 2.24) is 10.3 Å². The van der Waals surface area contributed by atoms with Gasteiger partial charge in [0.2, 0.25) is 0 Å². The normalized spacial score (nSPS) is 10.7. The SMILES string of the molecule is Cc1ccc(CCNC(=O)c2ccc(-c3ccco3)[nH]c2=O)o1. The van der Waals surface area contributed by atoms with Crippen molar-refractivity contribution in [3.63, 3.8) is 0 Å². The molecule has 0 atom stereocenters. The fourth-order valence-electron chi connectivity index (χ4n) is 2.24. The van der Waals surface area contributed by atoms with Crippen molar-refractivity contribution in [1.29, 1.82) is 0 Å². The minimum atomic E-state index is -0.453. The Bertz CT molecular complexity index is 859. The van der Waals surface area contributed by atoms with E-state index in [2.05, 4.69) is 10.3 Å². The zero-order valence-electron chi connectivity index (χ0n) is 12.6. The largest absolute Gasteiger partial charge is 0.466 e. The molecule has 3 aromatic heterocycles. The molecule has 118 valence electrons. The number of pyridine rings is 1. The van der Waals surface area contributed by atoms with Gasteiger partial charge in [-0.2, -0.15) is 0 Å². The van der Waals surface area contributed by atoms with Crippen molar-refractivity contribution < 1.29 is 13.6 Å². The Kier molecular flexibility index (Phi) is 4.14. The molecule has 0 aliphatic carbocycles. The van der Waals surface area contributed by atoms with E-state index in [1.807, 2.05) is 19.1 Å². The van der Waals surface area contributed by atoms with E-state index in [0.717, 1.165) is 11.5 Å². The molecule has 0 saturated heterocycles. The zero-order valence-corrected chi connectivity index (χ0v) is 12.6. The van der Waals surface area contributed by atoms with Gasteiger partial charge in [-0.05, 0) is 43.3 Å². The first-order chi connectivity index (χ1) is 11.1. The van der Waals surface area contributed by atoms with Crippen LogP contribution in [0.4, 0.5) is 0 Å². The van der Waals surface area contributed by atoms with Gasteiger partial charge in [-0.15, -0.1) is 0 Å². The molecule has 0 fully saturated rings. The number of hydrogen-bond donors (Lipinski definition) is 2. The number of aromatic nitrogens is 1. The third-order valence-corrected chi connectivity index (χ3v) is 3.39. The zero-order chi connectivity index (χ0) is 16.2. The quantitative estimate of drug-likeness (QED) is 0.757. The first kappa shape index (κ1) is 14.9. The van der Waals surface area contributed by atoms with Gasteiger partial charge in [0.1, 0.15) is 22.8 Å². The Morgan fingerprint density at radius 2 is 2.09 bits per heavy atom. The Balaban J connectivity index is 1.64. The maximum absolute atomic E-state index is 12.1. The van der Waals surface area contributed by atoms with Crippen LogP contribution in [0, 0.1) is 6.92 Å². The molecule has 0 saturated carbocycles. The minimum Gasteiger partial charge on any atom is -0.466 e. The van der Waals surface area contributed by atoms with Crippen LogP contribution in [0.1, 0.15) is 21.9 Å². The lowest BCUT2D eigenvalue weighted by Crippen LogP contribution is -2.31. The van der Waals surface area contributed by atoms with Crippen LogP contribution in [0.2, 0.25) is 0 Å². The number of nitrogens with one attached hydrogen (secondary N) is 2. The molecular formula is C17H16N2O4. The van der Waals surface area contributed by atoms with Crippen LogP contribution in [0.15, 0.2) is 56.3 Å². The summed E-state index contributed by atoms with van der Waals surface area (Å²) in [6, 6.07) is 10.3. The summed E-state index contributed by atoms with van der Waals surface area (Å²) >= 11 is 0. The number of aryl methyl sites for hydroxylation is 1. The van der Waals surface area contributed by atoms with Gasteiger partial charge in [-0.25, -0.2) is 0 Å². The average molecular weight is 312 g/mol. The Morgan fingerprint density at radius 3 is 2.74 bits per heavy atom. The summed E-state index contributed by atoms with van der Waals surface area (Å²) in [5.74, 6) is 1.75. The van der Waals surface area contributed by atoms with Crippen molar-refractivity contribution in [2.24, 2.45) is 0 Å². The Morgan fingerprint density at radius 1 is 1.22 bits per heavy atom. The molecular weight excluding hydrogens is 296 g/mol. The number of carbonyl (C=O) groups excluding carboxylic acids is 1. The van der Waals surface area contributed by atoms with Gasteiger partial charge in [-0.3, -0.25) is 9.59 Å². The Labute approximate surface area is 132 Å². The molecule has 3 rings (SSSR count). The maximum atomic E-state index is 12.1. The monoisotopic (exact) mass is 312 g/mol. The number of furan rings is 2. The summed E-state index contributed by atoms with van der Waals surface area (Å²) in [4.78, 5) is 26.8. The van der Waals surface area contributed by atoms with E-state index < -0.39 is 11.5 Å². The predicted molar refractivity (Wildman–Crippen MR) is 84.2 cm³/mol. The van der Waals surface area contributed by atoms with Gasteiger partial charge in [0.25, 0.3) is 11.5 Å². The van der Waals surface area contributed by atoms with E-state index in [-0.39, 0.29) is 5.56 Å². The summed E-state index contributed by atoms with van der Waals surface area (Å²) in [5.41, 5.74) is 0.142. The molecule has 0 aromatic carbocycles. The van der Waals surface area contributed by atoms with Crippen LogP contribution in [-0.4, -0.2) is 17.4 Å². The van der Waals surface area contributed by atoms with Crippen LogP contribution < -0.4 is 10.9 Å². The number of H-pyrrole nitrogens is 1. The van der Waals surface area contributed by atoms with Gasteiger partial charge in [0.05, 0.1) is 12.0 Å². The second-order valence-corrected chi connectivity index (χ2v) is 5.11. The van der Waals surface area contributed by atoms with Crippen LogP contribution >= 0.6 is 0 Å². The van der Waals surface area contributed by atoms with Crippen molar-refractivity contribution in [2.75, 3.05) is 6.54 Å². The molecule has 0 aliphatic heterocycles. The molecule has 1 amide bonds. The van der Waals surface area contributed by atoms with E-state index in [1.54, 1.807) is 18.2 Å². The fraction of sp³-hybridized carbons (Fsp3) is 0.176. The van der Waals surface area contributed by atoms with Gasteiger partial charge >= 0.3 is 0 Å². The molecule has 0 bridgehead atoms. The highest BCUT2D eigenvalue weighted by Gasteiger charge is 2.12. The first-order valence-electron chi connectivity index (χ1n) is 7.24. The van der Waals surface area contributed by atoms with E-state index in [1.165, 1.54) is 12.3 Å². The molecule has 6 heteroatoms. The number of carbonyl (C=O) groups is 1. The van der Waals surface area contributed by atoms with Crippen molar-refractivity contribution in [2.45, 2.75) is 13.3 Å². The maximum Gasteiger partial charge on any atom is 0.261 e. The summed E-state index contributed by atoms with van der Waals surface area (Å²) in [6.07, 6.45) is 2.09. The topological polar surface area (TPSA) is 88.2 Å². The van der Waals surface area contributed by atoms with Crippen molar-refractivity contribution in [3.05, 3.63) is 70.1 Å². The second-order valence-electron chi connectivity index (χ2n) is 5.11. The summed E-state index contributed by atoms with van der Waals surface area (Å²) in [6.45, 7) is 2.26. The minimum absolute atomic E-state index is 0.0657. The van der Waals surface area contributed by atoms with Crippen LogP contribution in [0.3, 0.4) is 0 Å². The van der Waals surface area contributed by atoms with Crippen molar-refractivity contribution in [3.8, 4) is 11.5 Å². The molecule has 6 nitrogen and oxygen atoms in total. The fourth-order valence-corrected chi connectivity index (χ4v) is 2.24. The van der Waals surface area contributed by atoms with Crippen LogP contribution in [0.5, 0.6) is 0 Å². The molecule has 3 aromatic rings. The van der Waals surface area contributed by atoms with Crippen LogP contribution in [0.25, 0.3) is 11.5 Å². The number of hydrogen-bond acceptors (Lipinski definition) is 4. The lowest BCUT2D eigenvalue weighted by Gasteiger charge is -2.04. The summed E-state index contributed by atoms with van der Waals surface area (Å²) in [7, 11) is 0. The molecule has 0 radical (unpaired) electrons. The van der Waals surface area contributed by atoms with Gasteiger partial charge < -0.3 is 19.1 Å². The smallest absolute Gasteiger partial charge is 0.261 e. The van der Waals surface area contributed by atoms with Crippen LogP contribution in [-0.2, 0) is 6.42 Å². The first-order valence-corrected chi connectivity index (χ1v) is 7.24. The number of amides is 1. The molecule has 23 heavy (non-hydrogen) atoms. The van der Waals surface area contributed by atoms with Crippen molar-refractivity contribution >= 4 is 5.91 Å². The van der Waals surface area contributed by atoms with E-state index >= 15 is 0 Å². The Hall–Kier alpha value is -3.02. The molecule has 0 spiro atoms. The van der Waals surface area contributed by atoms with E-state index in [4.69, 9.17) is 8.83 Å². The summed E-state index contributed by atoms with van der Waals surface area (Å²) < 4.78 is 10.6. The highest BCUT2D eigenvalue weighted by Crippen LogP contribution is 2.15. The molecule has 0 aliphatic rings. The molecule has 3 heterocycles. The average Bonchev–Trinajstić information content (AvgIpc) is 3.18. The van der Waals surface area contributed by atoms with Gasteiger partial charge in [0.15, 0.2) is 0 Å². The highest BCUT2D eigenvalue weighted by molar-refractivity contribution is 5.94. The second kappa shape index (κ2) is 6.39.